The summed E-state index contributed by atoms with van der Waals surface area (Å²) in [5.74, 6) is 0.139. The molecule has 0 bridgehead atoms. The van der Waals surface area contributed by atoms with Crippen molar-refractivity contribution in [3.8, 4) is 0 Å². The van der Waals surface area contributed by atoms with Crippen molar-refractivity contribution in [2.45, 2.75) is 17.1 Å². The fraction of sp³-hybridized carbons (Fsp3) is 0.333. The number of halogens is 3. The summed E-state index contributed by atoms with van der Waals surface area (Å²) in [4.78, 5) is 25.1. The predicted molar refractivity (Wildman–Crippen MR) is 82.2 cm³/mol. The summed E-state index contributed by atoms with van der Waals surface area (Å²) in [6, 6.07) is 1.61. The van der Waals surface area contributed by atoms with E-state index in [0.29, 0.717) is 0 Å². The minimum Gasteiger partial charge on any atom is -0.358 e. The molecule has 1 rings (SSSR count). The molecule has 0 radical (unpaired) electrons. The van der Waals surface area contributed by atoms with E-state index >= 15 is 0 Å². The first-order chi connectivity index (χ1) is 8.80. The molecule has 0 aliphatic carbocycles. The number of alkyl halides is 3. The molecular formula is C12H12Cl3NO2S. The average molecular weight is 341 g/mol. The molecule has 0 spiro atoms. The number of carbonyl (C=O) groups excluding carboxylic acids is 2. The zero-order chi connectivity index (χ0) is 14.5. The van der Waals surface area contributed by atoms with Gasteiger partial charge in [-0.1, -0.05) is 58.7 Å². The monoisotopic (exact) mass is 339 g/mol. The molecule has 0 aliphatic heterocycles. The Balaban J connectivity index is 2.54. The summed E-state index contributed by atoms with van der Waals surface area (Å²) < 4.78 is -1.95. The van der Waals surface area contributed by atoms with E-state index in [2.05, 4.69) is 4.98 Å². The van der Waals surface area contributed by atoms with E-state index in [-0.39, 0.29) is 10.8 Å². The maximum absolute atomic E-state index is 11.6. The highest BCUT2D eigenvalue weighted by molar-refractivity contribution is 8.13. The number of H-pyrrole nitrogens is 1. The number of carbonyl (C=O) groups is 2. The van der Waals surface area contributed by atoms with Crippen molar-refractivity contribution in [2.75, 3.05) is 5.75 Å². The largest absolute Gasteiger partial charge is 0.358 e. The first kappa shape index (κ1) is 16.6. The smallest absolute Gasteiger partial charge is 0.254 e. The Morgan fingerprint density at radius 3 is 2.68 bits per heavy atom. The van der Waals surface area contributed by atoms with Gasteiger partial charge in [-0.3, -0.25) is 9.59 Å². The van der Waals surface area contributed by atoms with Crippen LogP contribution in [-0.2, 0) is 4.79 Å². The third-order valence-corrected chi connectivity index (χ3v) is 3.47. The van der Waals surface area contributed by atoms with E-state index in [4.69, 9.17) is 34.8 Å². The first-order valence-corrected chi connectivity index (χ1v) is 7.52. The quantitative estimate of drug-likeness (QED) is 0.495. The highest BCUT2D eigenvalue weighted by atomic mass is 35.6. The van der Waals surface area contributed by atoms with Gasteiger partial charge in [0.1, 0.15) is 0 Å². The molecule has 1 aromatic heterocycles. The molecule has 0 amide bonds. The molecule has 0 fully saturated rings. The zero-order valence-electron chi connectivity index (χ0n) is 10.1. The third-order valence-electron chi connectivity index (χ3n) is 2.11. The van der Waals surface area contributed by atoms with Gasteiger partial charge in [0.15, 0.2) is 5.12 Å². The number of aromatic nitrogens is 1. The lowest BCUT2D eigenvalue weighted by Crippen LogP contribution is -2.19. The number of allylic oxidation sites excluding steroid dienone is 1. The molecular weight excluding hydrogens is 329 g/mol. The van der Waals surface area contributed by atoms with Gasteiger partial charge in [-0.15, -0.1) is 0 Å². The molecule has 1 heterocycles. The van der Waals surface area contributed by atoms with Crippen molar-refractivity contribution >= 4 is 63.5 Å². The maximum atomic E-state index is 11.6. The fourth-order valence-corrected chi connectivity index (χ4v) is 2.13. The number of Topliss-reactive ketones (excluding diaryl/α,β-unsaturated/α-hetero) is 1. The molecule has 3 nitrogen and oxygen atoms in total. The van der Waals surface area contributed by atoms with Crippen LogP contribution in [0.3, 0.4) is 0 Å². The van der Waals surface area contributed by atoms with Crippen molar-refractivity contribution < 1.29 is 9.59 Å². The molecule has 0 aliphatic rings. The van der Waals surface area contributed by atoms with Gasteiger partial charge in [-0.25, -0.2) is 0 Å². The molecule has 19 heavy (non-hydrogen) atoms. The zero-order valence-corrected chi connectivity index (χ0v) is 13.2. The summed E-state index contributed by atoms with van der Waals surface area (Å²) in [5, 5.41) is 0.102. The minimum absolute atomic E-state index is 0.102. The lowest BCUT2D eigenvalue weighted by atomic mass is 10.2. The molecule has 0 atom stereocenters. The van der Waals surface area contributed by atoms with Crippen molar-refractivity contribution in [3.05, 3.63) is 29.6 Å². The second kappa shape index (κ2) is 7.39. The summed E-state index contributed by atoms with van der Waals surface area (Å²) in [6.45, 7) is 1.54. The lowest BCUT2D eigenvalue weighted by molar-refractivity contribution is -0.109. The van der Waals surface area contributed by atoms with Crippen LogP contribution in [0.5, 0.6) is 0 Å². The number of thioether (sulfide) groups is 1. The second-order valence-corrected chi connectivity index (χ2v) is 7.26. The Morgan fingerprint density at radius 2 is 2.11 bits per heavy atom. The summed E-state index contributed by atoms with van der Waals surface area (Å²) in [5.41, 5.74) is 1.06. The van der Waals surface area contributed by atoms with Crippen LogP contribution in [0.15, 0.2) is 18.3 Å². The molecule has 7 heteroatoms. The summed E-state index contributed by atoms with van der Waals surface area (Å²) >= 11 is 17.8. The Bertz CT molecular complexity index is 491. The number of ketones is 1. The van der Waals surface area contributed by atoms with Crippen LogP contribution in [0.25, 0.3) is 6.08 Å². The number of hydrogen-bond acceptors (Lipinski definition) is 3. The van der Waals surface area contributed by atoms with Gasteiger partial charge in [0.05, 0.1) is 5.69 Å². The van der Waals surface area contributed by atoms with Gasteiger partial charge >= 0.3 is 0 Å². The molecule has 1 aromatic rings. The fourth-order valence-electron chi connectivity index (χ4n) is 1.28. The normalized spacial score (nSPS) is 12.0. The second-order valence-electron chi connectivity index (χ2n) is 3.70. The van der Waals surface area contributed by atoms with Gasteiger partial charge in [0.25, 0.3) is 3.79 Å². The van der Waals surface area contributed by atoms with E-state index < -0.39 is 9.58 Å². The highest BCUT2D eigenvalue weighted by Gasteiger charge is 2.32. The Kier molecular flexibility index (Phi) is 6.47. The van der Waals surface area contributed by atoms with Crippen LogP contribution in [0.1, 0.15) is 29.4 Å². The van der Waals surface area contributed by atoms with Gasteiger partial charge in [-0.2, -0.15) is 0 Å². The van der Waals surface area contributed by atoms with Crippen molar-refractivity contribution in [1.82, 2.24) is 4.98 Å². The van der Waals surface area contributed by atoms with Crippen molar-refractivity contribution in [1.29, 1.82) is 0 Å². The minimum atomic E-state index is -1.95. The average Bonchev–Trinajstić information content (AvgIpc) is 2.74. The van der Waals surface area contributed by atoms with Crippen LogP contribution < -0.4 is 0 Å². The van der Waals surface area contributed by atoms with Gasteiger partial charge < -0.3 is 4.98 Å². The highest BCUT2D eigenvalue weighted by Crippen LogP contribution is 2.30. The number of aromatic amines is 1. The topological polar surface area (TPSA) is 49.9 Å². The standard InChI is InChI=1S/C12H12Cl3NO2S/c1-8(17)19-5-3-2-4-9-6-10(16-7-9)11(18)12(13,14)15/h2,4,6-7,16H,3,5H2,1H3. The van der Waals surface area contributed by atoms with Crippen LogP contribution in [-0.4, -0.2) is 25.4 Å². The van der Waals surface area contributed by atoms with Gasteiger partial charge in [0, 0.05) is 18.9 Å². The van der Waals surface area contributed by atoms with E-state index in [0.717, 1.165) is 17.7 Å². The van der Waals surface area contributed by atoms with Gasteiger partial charge in [-0.05, 0) is 18.1 Å². The number of hydrogen-bond donors (Lipinski definition) is 1. The van der Waals surface area contributed by atoms with Gasteiger partial charge in [0.2, 0.25) is 5.78 Å². The maximum Gasteiger partial charge on any atom is 0.254 e. The third kappa shape index (κ3) is 6.04. The van der Waals surface area contributed by atoms with E-state index in [1.54, 1.807) is 12.3 Å². The first-order valence-electron chi connectivity index (χ1n) is 5.40. The number of nitrogens with one attached hydrogen (secondary N) is 1. The SMILES string of the molecule is CC(=O)SCCC=Cc1c[nH]c(C(=O)C(Cl)(Cl)Cl)c1. The van der Waals surface area contributed by atoms with Crippen LogP contribution in [0.2, 0.25) is 0 Å². The summed E-state index contributed by atoms with van der Waals surface area (Å²) in [7, 11) is 0. The molecule has 0 unspecified atom stereocenters. The molecule has 0 saturated heterocycles. The Hall–Kier alpha value is -0.420. The lowest BCUT2D eigenvalue weighted by Gasteiger charge is -2.06. The Labute approximate surface area is 130 Å². The van der Waals surface area contributed by atoms with Crippen molar-refractivity contribution in [3.63, 3.8) is 0 Å². The van der Waals surface area contributed by atoms with Crippen LogP contribution >= 0.6 is 46.6 Å². The Morgan fingerprint density at radius 1 is 1.42 bits per heavy atom. The van der Waals surface area contributed by atoms with Crippen LogP contribution in [0, 0.1) is 0 Å². The van der Waals surface area contributed by atoms with Crippen molar-refractivity contribution in [2.24, 2.45) is 0 Å². The predicted octanol–water partition coefficient (Wildman–Crippen LogP) is 4.25. The van der Waals surface area contributed by atoms with Crippen LogP contribution in [0.4, 0.5) is 0 Å². The van der Waals surface area contributed by atoms with E-state index in [9.17, 15) is 9.59 Å². The number of rotatable bonds is 5. The molecule has 0 aromatic carbocycles. The molecule has 1 N–H and O–H groups in total. The molecule has 104 valence electrons. The molecule has 0 saturated carbocycles. The van der Waals surface area contributed by atoms with E-state index in [1.807, 2.05) is 12.2 Å². The van der Waals surface area contributed by atoms with E-state index in [1.165, 1.54) is 18.7 Å². The summed E-state index contributed by atoms with van der Waals surface area (Å²) in [6.07, 6.45) is 6.18.